The lowest BCUT2D eigenvalue weighted by Gasteiger charge is -2.57. The highest BCUT2D eigenvalue weighted by Crippen LogP contribution is 2.60. The average molecular weight is 456 g/mol. The Kier molecular flexibility index (Phi) is 5.05. The van der Waals surface area contributed by atoms with Crippen LogP contribution in [0, 0.1) is 17.8 Å². The first-order valence-corrected chi connectivity index (χ1v) is 12.2. The first kappa shape index (κ1) is 21.1. The molecular formula is C28H29N3O3. The van der Waals surface area contributed by atoms with Gasteiger partial charge >= 0.3 is 5.69 Å². The van der Waals surface area contributed by atoms with Gasteiger partial charge in [0.2, 0.25) is 5.88 Å². The third-order valence-electron chi connectivity index (χ3n) is 8.23. The summed E-state index contributed by atoms with van der Waals surface area (Å²) in [7, 11) is 0. The Morgan fingerprint density at radius 1 is 0.941 bits per heavy atom. The molecule has 4 aliphatic rings. The van der Waals surface area contributed by atoms with Crippen LogP contribution in [0.2, 0.25) is 0 Å². The van der Waals surface area contributed by atoms with Crippen LogP contribution in [0.25, 0.3) is 5.69 Å². The summed E-state index contributed by atoms with van der Waals surface area (Å²) in [6.45, 7) is 0.374. The van der Waals surface area contributed by atoms with Crippen molar-refractivity contribution in [1.82, 2.24) is 9.55 Å². The van der Waals surface area contributed by atoms with Gasteiger partial charge in [-0.25, -0.2) is 9.36 Å². The lowest BCUT2D eigenvalue weighted by molar-refractivity contribution is -0.00518. The van der Waals surface area contributed by atoms with E-state index in [2.05, 4.69) is 22.1 Å². The molecule has 0 amide bonds. The highest BCUT2D eigenvalue weighted by atomic mass is 16.3. The van der Waals surface area contributed by atoms with E-state index in [1.54, 1.807) is 0 Å². The summed E-state index contributed by atoms with van der Waals surface area (Å²) in [5.74, 6) is 2.17. The number of hydrogen-bond donors (Lipinski definition) is 2. The van der Waals surface area contributed by atoms with E-state index < -0.39 is 17.1 Å². The zero-order valence-corrected chi connectivity index (χ0v) is 19.1. The number of hydrogen-bond acceptors (Lipinski definition) is 4. The molecule has 1 aromatic heterocycles. The molecule has 34 heavy (non-hydrogen) atoms. The van der Waals surface area contributed by atoms with Crippen LogP contribution in [-0.4, -0.2) is 20.9 Å². The minimum atomic E-state index is -0.662. The van der Waals surface area contributed by atoms with Crippen LogP contribution in [0.5, 0.6) is 5.88 Å². The number of aliphatic imine (C=N–C) groups is 1. The van der Waals surface area contributed by atoms with Crippen molar-refractivity contribution in [1.29, 1.82) is 0 Å². The average Bonchev–Trinajstić information content (AvgIpc) is 2.81. The smallest absolute Gasteiger partial charge is 0.335 e. The van der Waals surface area contributed by atoms with Crippen LogP contribution in [-0.2, 0) is 12.0 Å². The lowest BCUT2D eigenvalue weighted by Crippen LogP contribution is -2.48. The maximum absolute atomic E-state index is 12.6. The summed E-state index contributed by atoms with van der Waals surface area (Å²) < 4.78 is 1.15. The van der Waals surface area contributed by atoms with Crippen molar-refractivity contribution in [3.8, 4) is 11.6 Å². The van der Waals surface area contributed by atoms with Crippen LogP contribution in [0.4, 0.5) is 0 Å². The summed E-state index contributed by atoms with van der Waals surface area (Å²) in [6.07, 6.45) is 9.32. The molecule has 2 N–H and O–H groups in total. The number of nitrogens with one attached hydrogen (secondary N) is 1. The second-order valence-electron chi connectivity index (χ2n) is 10.5. The standard InChI is InChI=1S/C28H29N3O3/c32-25-24(17-29-16-18-4-2-1-3-5-18)26(33)31(27(34)30-25)23-8-6-22(7-9-23)28-13-19-10-20(14-28)12-21(11-19)15-28/h1-9,17,19-21,33H,10-16H2,(H,30,32,34). The van der Waals surface area contributed by atoms with E-state index in [0.29, 0.717) is 12.2 Å². The van der Waals surface area contributed by atoms with Crippen molar-refractivity contribution in [3.63, 3.8) is 0 Å². The normalized spacial score (nSPS) is 27.5. The van der Waals surface area contributed by atoms with E-state index in [1.165, 1.54) is 50.3 Å². The maximum atomic E-state index is 12.6. The van der Waals surface area contributed by atoms with Gasteiger partial charge in [-0.05, 0) is 85.0 Å². The number of aromatic nitrogens is 2. The van der Waals surface area contributed by atoms with Crippen LogP contribution < -0.4 is 11.2 Å². The van der Waals surface area contributed by atoms with Crippen LogP contribution in [0.15, 0.2) is 69.2 Å². The minimum absolute atomic E-state index is 0.0271. The zero-order chi connectivity index (χ0) is 23.3. The summed E-state index contributed by atoms with van der Waals surface area (Å²) in [5, 5.41) is 10.9. The van der Waals surface area contributed by atoms with Gasteiger partial charge in [-0.1, -0.05) is 42.5 Å². The molecule has 6 heteroatoms. The molecule has 0 spiro atoms. The van der Waals surface area contributed by atoms with Crippen molar-refractivity contribution < 1.29 is 5.11 Å². The number of aromatic amines is 1. The van der Waals surface area contributed by atoms with Crippen molar-refractivity contribution in [2.45, 2.75) is 50.5 Å². The molecule has 3 aromatic rings. The second-order valence-corrected chi connectivity index (χ2v) is 10.5. The molecular weight excluding hydrogens is 426 g/mol. The van der Waals surface area contributed by atoms with Gasteiger partial charge in [-0.3, -0.25) is 14.8 Å². The predicted molar refractivity (Wildman–Crippen MR) is 132 cm³/mol. The van der Waals surface area contributed by atoms with Gasteiger partial charge in [-0.15, -0.1) is 0 Å². The van der Waals surface area contributed by atoms with Gasteiger partial charge in [0, 0.05) is 6.21 Å². The molecule has 4 fully saturated rings. The topological polar surface area (TPSA) is 87.5 Å². The summed E-state index contributed by atoms with van der Waals surface area (Å²) in [6, 6.07) is 17.6. The fourth-order valence-electron chi connectivity index (χ4n) is 7.15. The summed E-state index contributed by atoms with van der Waals surface area (Å²) in [5.41, 5.74) is 1.79. The Labute approximate surface area is 198 Å². The van der Waals surface area contributed by atoms with Crippen molar-refractivity contribution in [2.24, 2.45) is 22.7 Å². The van der Waals surface area contributed by atoms with E-state index in [9.17, 15) is 14.7 Å². The number of nitrogens with zero attached hydrogens (tertiary/aromatic N) is 2. The Morgan fingerprint density at radius 2 is 1.56 bits per heavy atom. The van der Waals surface area contributed by atoms with E-state index in [0.717, 1.165) is 27.9 Å². The molecule has 1 heterocycles. The van der Waals surface area contributed by atoms with Gasteiger partial charge in [0.15, 0.2) is 0 Å². The fourth-order valence-corrected chi connectivity index (χ4v) is 7.15. The molecule has 4 saturated carbocycles. The van der Waals surface area contributed by atoms with Gasteiger partial charge < -0.3 is 5.11 Å². The Hall–Kier alpha value is -3.41. The minimum Gasteiger partial charge on any atom is -0.493 e. The monoisotopic (exact) mass is 455 g/mol. The third-order valence-corrected chi connectivity index (χ3v) is 8.23. The van der Waals surface area contributed by atoms with Gasteiger partial charge in [-0.2, -0.15) is 0 Å². The first-order valence-electron chi connectivity index (χ1n) is 12.2. The van der Waals surface area contributed by atoms with Gasteiger partial charge in [0.05, 0.1) is 12.2 Å². The summed E-state index contributed by atoms with van der Waals surface area (Å²) >= 11 is 0. The Bertz CT molecular complexity index is 1320. The SMILES string of the molecule is O=c1[nH]c(=O)n(-c2ccc(C34CC5CC(CC(C5)C3)C4)cc2)c(O)c1C=NCc1ccccc1. The zero-order valence-electron chi connectivity index (χ0n) is 19.1. The molecule has 7 rings (SSSR count). The summed E-state index contributed by atoms with van der Waals surface area (Å²) in [4.78, 5) is 31.6. The largest absolute Gasteiger partial charge is 0.493 e. The number of benzene rings is 2. The second kappa shape index (κ2) is 8.12. The highest BCUT2D eigenvalue weighted by molar-refractivity contribution is 5.82. The van der Waals surface area contributed by atoms with Crippen molar-refractivity contribution in [3.05, 3.63) is 92.1 Å². The van der Waals surface area contributed by atoms with Gasteiger partial charge in [0.25, 0.3) is 5.56 Å². The molecule has 0 saturated heterocycles. The first-order chi connectivity index (χ1) is 16.5. The third kappa shape index (κ3) is 3.61. The Balaban J connectivity index is 1.30. The van der Waals surface area contributed by atoms with Crippen molar-refractivity contribution in [2.75, 3.05) is 0 Å². The molecule has 2 aromatic carbocycles. The predicted octanol–water partition coefficient (Wildman–Crippen LogP) is 4.32. The quantitative estimate of drug-likeness (QED) is 0.562. The van der Waals surface area contributed by atoms with Gasteiger partial charge in [0.1, 0.15) is 5.56 Å². The molecule has 4 aliphatic carbocycles. The van der Waals surface area contributed by atoms with E-state index >= 15 is 0 Å². The fraction of sp³-hybridized carbons (Fsp3) is 0.393. The van der Waals surface area contributed by atoms with Crippen LogP contribution in [0.3, 0.4) is 0 Å². The molecule has 6 nitrogen and oxygen atoms in total. The van der Waals surface area contributed by atoms with E-state index in [4.69, 9.17) is 0 Å². The number of aromatic hydroxyl groups is 1. The van der Waals surface area contributed by atoms with Crippen molar-refractivity contribution >= 4 is 6.21 Å². The van der Waals surface area contributed by atoms with Crippen LogP contribution in [0.1, 0.15) is 55.2 Å². The molecule has 0 aliphatic heterocycles. The highest BCUT2D eigenvalue weighted by Gasteiger charge is 2.51. The lowest BCUT2D eigenvalue weighted by atomic mass is 9.48. The molecule has 174 valence electrons. The van der Waals surface area contributed by atoms with E-state index in [1.807, 2.05) is 42.5 Å². The molecule has 0 radical (unpaired) electrons. The molecule has 0 unspecified atom stereocenters. The van der Waals surface area contributed by atoms with E-state index in [-0.39, 0.29) is 11.0 Å². The van der Waals surface area contributed by atoms with Crippen LogP contribution >= 0.6 is 0 Å². The number of H-pyrrole nitrogens is 1. The Morgan fingerprint density at radius 3 is 2.18 bits per heavy atom. The maximum Gasteiger partial charge on any atom is 0.335 e. The molecule has 0 atom stereocenters. The molecule has 4 bridgehead atoms. The number of rotatable bonds is 5.